The van der Waals surface area contributed by atoms with Crippen molar-refractivity contribution in [3.8, 4) is 6.07 Å². The molecule has 0 unspecified atom stereocenters. The first-order valence-electron chi connectivity index (χ1n) is 7.92. The van der Waals surface area contributed by atoms with Crippen LogP contribution in [0, 0.1) is 11.3 Å². The van der Waals surface area contributed by atoms with Gasteiger partial charge in [-0.3, -0.25) is 4.79 Å². The number of aliphatic hydroxyl groups excluding tert-OH is 1. The number of hydrogen-bond donors (Lipinski definition) is 1. The van der Waals surface area contributed by atoms with Crippen molar-refractivity contribution in [1.29, 1.82) is 5.26 Å². The van der Waals surface area contributed by atoms with Crippen molar-refractivity contribution in [2.75, 3.05) is 13.2 Å². The number of benzene rings is 2. The van der Waals surface area contributed by atoms with Crippen LogP contribution in [0.25, 0.3) is 0 Å². The van der Waals surface area contributed by atoms with E-state index in [0.717, 1.165) is 22.6 Å². The van der Waals surface area contributed by atoms with Crippen molar-refractivity contribution in [1.82, 2.24) is 4.90 Å². The Kier molecular flexibility index (Phi) is 5.19. The lowest BCUT2D eigenvalue weighted by Crippen LogP contribution is -2.37. The zero-order valence-electron chi connectivity index (χ0n) is 13.2. The summed E-state index contributed by atoms with van der Waals surface area (Å²) in [6.07, 6.45) is 1.80. The summed E-state index contributed by atoms with van der Waals surface area (Å²) >= 11 is 1.51. The Bertz CT molecular complexity index is 768. The van der Waals surface area contributed by atoms with E-state index < -0.39 is 0 Å². The van der Waals surface area contributed by atoms with Gasteiger partial charge < -0.3 is 10.0 Å². The van der Waals surface area contributed by atoms with E-state index in [1.54, 1.807) is 11.0 Å². The van der Waals surface area contributed by atoms with Gasteiger partial charge in [0.1, 0.15) is 6.07 Å². The Morgan fingerprint density at radius 1 is 1.25 bits per heavy atom. The Labute approximate surface area is 145 Å². The summed E-state index contributed by atoms with van der Waals surface area (Å²) in [7, 11) is 0. The monoisotopic (exact) mass is 338 g/mol. The molecule has 0 saturated carbocycles. The van der Waals surface area contributed by atoms with Crippen LogP contribution < -0.4 is 0 Å². The third-order valence-corrected chi connectivity index (χ3v) is 5.27. The van der Waals surface area contributed by atoms with Gasteiger partial charge >= 0.3 is 0 Å². The number of hydrogen-bond acceptors (Lipinski definition) is 4. The van der Waals surface area contributed by atoms with Crippen molar-refractivity contribution >= 4 is 17.7 Å². The quantitative estimate of drug-likeness (QED) is 0.929. The molecule has 1 fully saturated rings. The molecule has 3 rings (SSSR count). The molecule has 1 saturated heterocycles. The first-order valence-corrected chi connectivity index (χ1v) is 8.73. The molecule has 4 nitrogen and oxygen atoms in total. The SMILES string of the molecule is N#Cc1ccccc1Sc1ccc(C(=O)N2CCC[C@@H]2CO)cc1. The fourth-order valence-electron chi connectivity index (χ4n) is 2.90. The maximum atomic E-state index is 12.6. The van der Waals surface area contributed by atoms with E-state index in [-0.39, 0.29) is 18.6 Å². The van der Waals surface area contributed by atoms with Crippen LogP contribution in [0.5, 0.6) is 0 Å². The van der Waals surface area contributed by atoms with Crippen LogP contribution >= 0.6 is 11.8 Å². The molecule has 1 heterocycles. The molecule has 0 bridgehead atoms. The van der Waals surface area contributed by atoms with E-state index >= 15 is 0 Å². The van der Waals surface area contributed by atoms with E-state index in [1.165, 1.54) is 11.8 Å². The van der Waals surface area contributed by atoms with E-state index in [2.05, 4.69) is 6.07 Å². The molecule has 1 atom stereocenters. The molecule has 2 aromatic carbocycles. The molecule has 0 aromatic heterocycles. The molecule has 2 aromatic rings. The molecule has 0 spiro atoms. The van der Waals surface area contributed by atoms with Crippen LogP contribution in [0.2, 0.25) is 0 Å². The van der Waals surface area contributed by atoms with Crippen molar-refractivity contribution in [3.05, 3.63) is 59.7 Å². The Balaban J connectivity index is 1.74. The second-order valence-electron chi connectivity index (χ2n) is 5.71. The van der Waals surface area contributed by atoms with E-state index in [4.69, 9.17) is 5.26 Å². The topological polar surface area (TPSA) is 64.3 Å². The highest BCUT2D eigenvalue weighted by atomic mass is 32.2. The summed E-state index contributed by atoms with van der Waals surface area (Å²) in [5, 5.41) is 18.5. The first-order chi connectivity index (χ1) is 11.7. The van der Waals surface area contributed by atoms with Gasteiger partial charge in [0.2, 0.25) is 0 Å². The Morgan fingerprint density at radius 2 is 2.00 bits per heavy atom. The highest BCUT2D eigenvalue weighted by Gasteiger charge is 2.28. The molecule has 122 valence electrons. The molecule has 0 aliphatic carbocycles. The standard InChI is InChI=1S/C19H18N2O2S/c20-12-15-4-1-2-6-18(15)24-17-9-7-14(8-10-17)19(23)21-11-3-5-16(21)13-22/h1-2,4,6-10,16,22H,3,5,11,13H2/t16-/m1/s1. The van der Waals surface area contributed by atoms with Crippen molar-refractivity contribution in [3.63, 3.8) is 0 Å². The number of carbonyl (C=O) groups is 1. The number of nitriles is 1. The summed E-state index contributed by atoms with van der Waals surface area (Å²) in [4.78, 5) is 16.2. The lowest BCUT2D eigenvalue weighted by molar-refractivity contribution is 0.0677. The van der Waals surface area contributed by atoms with Gasteiger partial charge in [0.15, 0.2) is 0 Å². The Morgan fingerprint density at radius 3 is 2.71 bits per heavy atom. The van der Waals surface area contributed by atoms with E-state index in [0.29, 0.717) is 17.7 Å². The van der Waals surface area contributed by atoms with Crippen molar-refractivity contribution in [2.45, 2.75) is 28.7 Å². The van der Waals surface area contributed by atoms with Crippen LogP contribution in [0.1, 0.15) is 28.8 Å². The molecule has 5 heteroatoms. The number of rotatable bonds is 4. The van der Waals surface area contributed by atoms with Crippen LogP contribution in [-0.4, -0.2) is 35.1 Å². The number of likely N-dealkylation sites (tertiary alicyclic amines) is 1. The largest absolute Gasteiger partial charge is 0.394 e. The normalized spacial score (nSPS) is 16.8. The van der Waals surface area contributed by atoms with E-state index in [9.17, 15) is 9.90 Å². The lowest BCUT2D eigenvalue weighted by Gasteiger charge is -2.23. The highest BCUT2D eigenvalue weighted by molar-refractivity contribution is 7.99. The smallest absolute Gasteiger partial charge is 0.254 e. The van der Waals surface area contributed by atoms with Crippen molar-refractivity contribution < 1.29 is 9.90 Å². The summed E-state index contributed by atoms with van der Waals surface area (Å²) in [6, 6.07) is 17.0. The second-order valence-corrected chi connectivity index (χ2v) is 6.83. The number of carbonyl (C=O) groups excluding carboxylic acids is 1. The van der Waals surface area contributed by atoms with Gasteiger partial charge in [0.25, 0.3) is 5.91 Å². The summed E-state index contributed by atoms with van der Waals surface area (Å²) in [5.74, 6) is -0.0273. The zero-order valence-corrected chi connectivity index (χ0v) is 14.0. The predicted octanol–water partition coefficient (Wildman–Crippen LogP) is 3.31. The van der Waals surface area contributed by atoms with Crippen LogP contribution in [0.4, 0.5) is 0 Å². The lowest BCUT2D eigenvalue weighted by atomic mass is 10.2. The minimum atomic E-state index is -0.0611. The second kappa shape index (κ2) is 7.52. The number of aliphatic hydroxyl groups is 1. The minimum absolute atomic E-state index is 0.0185. The molecular formula is C19H18N2O2S. The molecule has 1 aliphatic rings. The average molecular weight is 338 g/mol. The molecule has 1 aliphatic heterocycles. The van der Waals surface area contributed by atoms with Crippen LogP contribution in [-0.2, 0) is 0 Å². The highest BCUT2D eigenvalue weighted by Crippen LogP contribution is 2.30. The summed E-state index contributed by atoms with van der Waals surface area (Å²) in [5.41, 5.74) is 1.28. The summed E-state index contributed by atoms with van der Waals surface area (Å²) < 4.78 is 0. The fraction of sp³-hybridized carbons (Fsp3) is 0.263. The van der Waals surface area contributed by atoms with Gasteiger partial charge in [0, 0.05) is 21.9 Å². The summed E-state index contributed by atoms with van der Waals surface area (Å²) in [6.45, 7) is 0.723. The van der Waals surface area contributed by atoms with Gasteiger partial charge in [-0.2, -0.15) is 5.26 Å². The minimum Gasteiger partial charge on any atom is -0.394 e. The fourth-order valence-corrected chi connectivity index (χ4v) is 3.80. The third-order valence-electron chi connectivity index (χ3n) is 4.19. The molecule has 1 N–H and O–H groups in total. The van der Waals surface area contributed by atoms with Gasteiger partial charge in [-0.25, -0.2) is 0 Å². The molecule has 0 radical (unpaired) electrons. The maximum Gasteiger partial charge on any atom is 0.254 e. The predicted molar refractivity (Wildman–Crippen MR) is 92.9 cm³/mol. The zero-order chi connectivity index (χ0) is 16.9. The third kappa shape index (κ3) is 3.45. The molecular weight excluding hydrogens is 320 g/mol. The van der Waals surface area contributed by atoms with Crippen LogP contribution in [0.15, 0.2) is 58.3 Å². The maximum absolute atomic E-state index is 12.6. The number of nitrogens with zero attached hydrogens (tertiary/aromatic N) is 2. The Hall–Kier alpha value is -2.29. The first kappa shape index (κ1) is 16.6. The van der Waals surface area contributed by atoms with Gasteiger partial charge in [-0.05, 0) is 49.2 Å². The van der Waals surface area contributed by atoms with Crippen LogP contribution in [0.3, 0.4) is 0 Å². The molecule has 1 amide bonds. The average Bonchev–Trinajstić information content (AvgIpc) is 3.11. The van der Waals surface area contributed by atoms with Gasteiger partial charge in [0.05, 0.1) is 18.2 Å². The van der Waals surface area contributed by atoms with E-state index in [1.807, 2.05) is 42.5 Å². The molecule has 24 heavy (non-hydrogen) atoms. The van der Waals surface area contributed by atoms with Crippen molar-refractivity contribution in [2.24, 2.45) is 0 Å². The van der Waals surface area contributed by atoms with Gasteiger partial charge in [-0.1, -0.05) is 23.9 Å². The van der Waals surface area contributed by atoms with Gasteiger partial charge in [-0.15, -0.1) is 0 Å². The number of amides is 1.